The summed E-state index contributed by atoms with van der Waals surface area (Å²) in [6, 6.07) is 12.2. The molecule has 1 fully saturated rings. The molecule has 0 radical (unpaired) electrons. The van der Waals surface area contributed by atoms with Crippen LogP contribution >= 0.6 is 0 Å². The topological polar surface area (TPSA) is 96.3 Å². The summed E-state index contributed by atoms with van der Waals surface area (Å²) in [5, 5.41) is 20.2. The molecular weight excluding hydrogens is 387 g/mol. The van der Waals surface area contributed by atoms with E-state index in [0.717, 1.165) is 18.5 Å². The highest BCUT2D eigenvalue weighted by atomic mass is 19.1. The molecule has 0 aliphatic heterocycles. The predicted octanol–water partition coefficient (Wildman–Crippen LogP) is 3.99. The maximum absolute atomic E-state index is 13.3. The molecule has 30 heavy (non-hydrogen) atoms. The van der Waals surface area contributed by atoms with Crippen LogP contribution in [0.15, 0.2) is 48.5 Å². The number of hydrogen-bond donors (Lipinski definition) is 3. The Balaban J connectivity index is 1.57. The van der Waals surface area contributed by atoms with E-state index in [1.54, 1.807) is 30.3 Å². The molecule has 154 valence electrons. The quantitative estimate of drug-likeness (QED) is 0.595. The molecule has 0 unspecified atom stereocenters. The summed E-state index contributed by atoms with van der Waals surface area (Å²) in [4.78, 5) is 23.9. The smallest absolute Gasteiger partial charge is 0.342 e. The molecule has 1 aliphatic rings. The fraction of sp³-hybridized carbons (Fsp3) is 0.227. The van der Waals surface area contributed by atoms with Crippen LogP contribution in [0.4, 0.5) is 14.9 Å². The monoisotopic (exact) mass is 408 g/mol. The first-order valence-electron chi connectivity index (χ1n) is 9.64. The summed E-state index contributed by atoms with van der Waals surface area (Å²) in [5.74, 6) is -0.405. The number of aromatic nitrogens is 2. The second kappa shape index (κ2) is 7.98. The first kappa shape index (κ1) is 19.6. The number of nitrogens with one attached hydrogen (secondary N) is 2. The van der Waals surface area contributed by atoms with Crippen molar-refractivity contribution >= 4 is 17.6 Å². The highest BCUT2D eigenvalue weighted by Crippen LogP contribution is 2.42. The number of amides is 2. The van der Waals surface area contributed by atoms with Crippen LogP contribution in [0, 0.1) is 5.82 Å². The maximum atomic E-state index is 13.3. The maximum Gasteiger partial charge on any atom is 0.342 e. The molecule has 1 heterocycles. The molecule has 1 aliphatic carbocycles. The van der Waals surface area contributed by atoms with Crippen molar-refractivity contribution in [2.75, 3.05) is 5.32 Å². The number of carbonyl (C=O) groups excluding carboxylic acids is 2. The third-order valence-electron chi connectivity index (χ3n) is 4.85. The number of halogens is 1. The van der Waals surface area contributed by atoms with E-state index in [1.807, 2.05) is 0 Å². The van der Waals surface area contributed by atoms with Crippen molar-refractivity contribution in [3.8, 4) is 17.0 Å². The summed E-state index contributed by atoms with van der Waals surface area (Å²) in [7, 11) is 0. The number of aromatic hydroxyl groups is 1. The Morgan fingerprint density at radius 1 is 1.20 bits per heavy atom. The average Bonchev–Trinajstić information content (AvgIpc) is 3.45. The Bertz CT molecular complexity index is 1120. The Morgan fingerprint density at radius 3 is 2.67 bits per heavy atom. The van der Waals surface area contributed by atoms with Crippen molar-refractivity contribution < 1.29 is 19.1 Å². The molecule has 3 aromatic rings. The van der Waals surface area contributed by atoms with Gasteiger partial charge in [-0.3, -0.25) is 4.79 Å². The van der Waals surface area contributed by atoms with Crippen molar-refractivity contribution in [2.24, 2.45) is 0 Å². The molecule has 1 saturated carbocycles. The Hall–Kier alpha value is -3.68. The number of carbonyl (C=O) groups is 2. The van der Waals surface area contributed by atoms with E-state index in [1.165, 1.54) is 29.8 Å². The van der Waals surface area contributed by atoms with E-state index in [9.17, 15) is 19.1 Å². The fourth-order valence-electron chi connectivity index (χ4n) is 3.29. The van der Waals surface area contributed by atoms with Crippen LogP contribution in [0.3, 0.4) is 0 Å². The van der Waals surface area contributed by atoms with Crippen LogP contribution in [0.25, 0.3) is 11.3 Å². The minimum absolute atomic E-state index is 0.0478. The van der Waals surface area contributed by atoms with Crippen LogP contribution in [-0.2, 0) is 11.3 Å². The van der Waals surface area contributed by atoms with Gasteiger partial charge in [0.15, 0.2) is 0 Å². The minimum atomic E-state index is -0.415. The van der Waals surface area contributed by atoms with Gasteiger partial charge in [0.25, 0.3) is 0 Å². The standard InChI is InChI=1S/C22H21FN4O3/c1-13(28)25-17-7-8-18(21(29)10-17)19-11-20(15-5-6-15)27(26-19)22(30)24-12-14-3-2-4-16(23)9-14/h2-4,7-11,15,29H,5-6,12H2,1H3,(H,24,30)(H,25,28). The fourth-order valence-corrected chi connectivity index (χ4v) is 3.29. The van der Waals surface area contributed by atoms with E-state index in [4.69, 9.17) is 0 Å². The molecule has 1 aromatic heterocycles. The van der Waals surface area contributed by atoms with Gasteiger partial charge in [0.05, 0.1) is 11.4 Å². The second-order valence-corrected chi connectivity index (χ2v) is 7.34. The number of benzene rings is 2. The average molecular weight is 408 g/mol. The molecule has 2 amide bonds. The van der Waals surface area contributed by atoms with E-state index in [-0.39, 0.29) is 29.9 Å². The number of rotatable bonds is 5. The van der Waals surface area contributed by atoms with Gasteiger partial charge in [-0.25, -0.2) is 9.18 Å². The Kier molecular flexibility index (Phi) is 5.22. The van der Waals surface area contributed by atoms with Crippen LogP contribution in [0.5, 0.6) is 5.75 Å². The summed E-state index contributed by atoms with van der Waals surface area (Å²) < 4.78 is 14.7. The summed E-state index contributed by atoms with van der Waals surface area (Å²) >= 11 is 0. The van der Waals surface area contributed by atoms with E-state index in [0.29, 0.717) is 22.5 Å². The van der Waals surface area contributed by atoms with Gasteiger partial charge >= 0.3 is 6.03 Å². The van der Waals surface area contributed by atoms with Gasteiger partial charge in [0, 0.05) is 36.7 Å². The zero-order valence-electron chi connectivity index (χ0n) is 16.4. The van der Waals surface area contributed by atoms with Gasteiger partial charge in [-0.2, -0.15) is 9.78 Å². The van der Waals surface area contributed by atoms with Crippen molar-refractivity contribution in [3.05, 3.63) is 65.6 Å². The van der Waals surface area contributed by atoms with Crippen LogP contribution in [0.2, 0.25) is 0 Å². The first-order chi connectivity index (χ1) is 14.4. The molecule has 0 spiro atoms. The lowest BCUT2D eigenvalue weighted by Gasteiger charge is -2.08. The molecule has 2 aromatic carbocycles. The summed E-state index contributed by atoms with van der Waals surface area (Å²) in [5.41, 5.74) is 2.81. The summed E-state index contributed by atoms with van der Waals surface area (Å²) in [6.45, 7) is 1.56. The largest absolute Gasteiger partial charge is 0.507 e. The molecule has 7 nitrogen and oxygen atoms in total. The van der Waals surface area contributed by atoms with Crippen LogP contribution < -0.4 is 10.6 Å². The number of phenolic OH excluding ortho intramolecular Hbond substituents is 1. The highest BCUT2D eigenvalue weighted by molar-refractivity contribution is 5.89. The zero-order valence-corrected chi connectivity index (χ0v) is 16.4. The molecule has 0 bridgehead atoms. The number of phenols is 1. The van der Waals surface area contributed by atoms with Crippen molar-refractivity contribution in [2.45, 2.75) is 32.2 Å². The Labute approximate surface area is 172 Å². The number of nitrogens with zero attached hydrogens (tertiary/aromatic N) is 2. The van der Waals surface area contributed by atoms with Crippen molar-refractivity contribution in [1.82, 2.24) is 15.1 Å². The predicted molar refractivity (Wildman–Crippen MR) is 110 cm³/mol. The van der Waals surface area contributed by atoms with Crippen LogP contribution in [-0.4, -0.2) is 26.8 Å². The molecule has 8 heteroatoms. The molecule has 3 N–H and O–H groups in total. The molecule has 0 atom stereocenters. The van der Waals surface area contributed by atoms with Gasteiger partial charge < -0.3 is 15.7 Å². The van der Waals surface area contributed by atoms with E-state index in [2.05, 4.69) is 15.7 Å². The van der Waals surface area contributed by atoms with Gasteiger partial charge in [0.2, 0.25) is 5.91 Å². The van der Waals surface area contributed by atoms with Crippen molar-refractivity contribution in [1.29, 1.82) is 0 Å². The zero-order chi connectivity index (χ0) is 21.3. The number of hydrogen-bond acceptors (Lipinski definition) is 4. The SMILES string of the molecule is CC(=O)Nc1ccc(-c2cc(C3CC3)n(C(=O)NCc3cccc(F)c3)n2)c(O)c1. The van der Waals surface area contributed by atoms with Gasteiger partial charge in [0.1, 0.15) is 11.6 Å². The third kappa shape index (κ3) is 4.32. The first-order valence-corrected chi connectivity index (χ1v) is 9.64. The normalized spacial score (nSPS) is 13.1. The van der Waals surface area contributed by atoms with Gasteiger partial charge in [-0.1, -0.05) is 12.1 Å². The molecular formula is C22H21FN4O3. The van der Waals surface area contributed by atoms with Gasteiger partial charge in [-0.05, 0) is 48.7 Å². The number of anilines is 1. The van der Waals surface area contributed by atoms with Crippen LogP contribution in [0.1, 0.15) is 36.9 Å². The second-order valence-electron chi connectivity index (χ2n) is 7.34. The van der Waals surface area contributed by atoms with Gasteiger partial charge in [-0.15, -0.1) is 0 Å². The van der Waals surface area contributed by atoms with Crippen molar-refractivity contribution in [3.63, 3.8) is 0 Å². The Morgan fingerprint density at radius 2 is 2.00 bits per heavy atom. The van der Waals surface area contributed by atoms with E-state index < -0.39 is 6.03 Å². The van der Waals surface area contributed by atoms with E-state index >= 15 is 0 Å². The minimum Gasteiger partial charge on any atom is -0.507 e. The lowest BCUT2D eigenvalue weighted by Crippen LogP contribution is -2.30. The lowest BCUT2D eigenvalue weighted by atomic mass is 10.1. The lowest BCUT2D eigenvalue weighted by molar-refractivity contribution is -0.114. The molecule has 0 saturated heterocycles. The molecule has 4 rings (SSSR count). The summed E-state index contributed by atoms with van der Waals surface area (Å²) in [6.07, 6.45) is 1.94. The highest BCUT2D eigenvalue weighted by Gasteiger charge is 2.30. The third-order valence-corrected chi connectivity index (χ3v) is 4.85.